The van der Waals surface area contributed by atoms with Gasteiger partial charge >= 0.3 is 0 Å². The Morgan fingerprint density at radius 1 is 1.25 bits per heavy atom. The van der Waals surface area contributed by atoms with Crippen molar-refractivity contribution in [3.8, 4) is 0 Å². The van der Waals surface area contributed by atoms with Crippen LogP contribution in [-0.2, 0) is 12.8 Å². The number of aryl methyl sites for hydroxylation is 1. The van der Waals surface area contributed by atoms with Crippen molar-refractivity contribution >= 4 is 12.6 Å². The van der Waals surface area contributed by atoms with Gasteiger partial charge in [0, 0.05) is 4.90 Å². The minimum Gasteiger partial charge on any atom is -0.143 e. The van der Waals surface area contributed by atoms with Gasteiger partial charge in [-0.15, -0.1) is 12.6 Å². The SMILES string of the molecule is CCCc1c(S)cccc1CC. The Morgan fingerprint density at radius 3 is 2.58 bits per heavy atom. The number of hydrogen-bond acceptors (Lipinski definition) is 1. The van der Waals surface area contributed by atoms with E-state index in [2.05, 4.69) is 44.7 Å². The van der Waals surface area contributed by atoms with E-state index in [0.29, 0.717) is 0 Å². The van der Waals surface area contributed by atoms with E-state index in [1.807, 2.05) is 0 Å². The average molecular weight is 180 g/mol. The predicted octanol–water partition coefficient (Wildman–Crippen LogP) is 3.49. The lowest BCUT2D eigenvalue weighted by Gasteiger charge is -2.08. The van der Waals surface area contributed by atoms with Crippen LogP contribution in [0.1, 0.15) is 31.4 Å². The maximum Gasteiger partial charge on any atom is 0.00747 e. The molecule has 0 aliphatic carbocycles. The molecule has 0 amide bonds. The Hall–Kier alpha value is -0.430. The van der Waals surface area contributed by atoms with Crippen molar-refractivity contribution in [2.45, 2.75) is 38.0 Å². The minimum absolute atomic E-state index is 1.11. The van der Waals surface area contributed by atoms with Gasteiger partial charge in [-0.1, -0.05) is 32.4 Å². The maximum absolute atomic E-state index is 4.46. The Labute approximate surface area is 80.4 Å². The molecule has 0 heterocycles. The number of benzene rings is 1. The normalized spacial score (nSPS) is 10.2. The summed E-state index contributed by atoms with van der Waals surface area (Å²) in [5.41, 5.74) is 2.88. The van der Waals surface area contributed by atoms with Gasteiger partial charge in [0.15, 0.2) is 0 Å². The molecule has 0 spiro atoms. The summed E-state index contributed by atoms with van der Waals surface area (Å²) in [5, 5.41) is 0. The fourth-order valence-electron chi connectivity index (χ4n) is 1.49. The van der Waals surface area contributed by atoms with E-state index in [1.54, 1.807) is 0 Å². The highest BCUT2D eigenvalue weighted by molar-refractivity contribution is 7.80. The van der Waals surface area contributed by atoms with E-state index in [-0.39, 0.29) is 0 Å². The van der Waals surface area contributed by atoms with Gasteiger partial charge in [0.05, 0.1) is 0 Å². The van der Waals surface area contributed by atoms with Crippen LogP contribution in [0.5, 0.6) is 0 Å². The van der Waals surface area contributed by atoms with Crippen LogP contribution in [-0.4, -0.2) is 0 Å². The third kappa shape index (κ3) is 2.04. The van der Waals surface area contributed by atoms with E-state index in [9.17, 15) is 0 Å². The minimum atomic E-state index is 1.11. The monoisotopic (exact) mass is 180 g/mol. The van der Waals surface area contributed by atoms with Crippen molar-refractivity contribution in [3.63, 3.8) is 0 Å². The molecule has 12 heavy (non-hydrogen) atoms. The second-order valence-electron chi connectivity index (χ2n) is 3.02. The van der Waals surface area contributed by atoms with Gasteiger partial charge < -0.3 is 0 Å². The average Bonchev–Trinajstić information content (AvgIpc) is 2.09. The van der Waals surface area contributed by atoms with Gasteiger partial charge in [-0.3, -0.25) is 0 Å². The van der Waals surface area contributed by atoms with Crippen molar-refractivity contribution in [3.05, 3.63) is 29.3 Å². The summed E-state index contributed by atoms with van der Waals surface area (Å²) in [5.74, 6) is 0. The van der Waals surface area contributed by atoms with Crippen LogP contribution in [0.3, 0.4) is 0 Å². The Morgan fingerprint density at radius 2 is 2.00 bits per heavy atom. The molecule has 0 aliphatic heterocycles. The largest absolute Gasteiger partial charge is 0.143 e. The van der Waals surface area contributed by atoms with Gasteiger partial charge in [0.2, 0.25) is 0 Å². The maximum atomic E-state index is 4.46. The Bertz CT molecular complexity index is 253. The number of hydrogen-bond donors (Lipinski definition) is 1. The smallest absolute Gasteiger partial charge is 0.00747 e. The molecule has 0 N–H and O–H groups in total. The molecule has 1 rings (SSSR count). The van der Waals surface area contributed by atoms with Gasteiger partial charge in [-0.2, -0.15) is 0 Å². The first-order valence-corrected chi connectivity index (χ1v) is 5.04. The van der Waals surface area contributed by atoms with Crippen LogP contribution in [0.2, 0.25) is 0 Å². The van der Waals surface area contributed by atoms with Gasteiger partial charge in [0.25, 0.3) is 0 Å². The summed E-state index contributed by atoms with van der Waals surface area (Å²) in [6.07, 6.45) is 3.47. The van der Waals surface area contributed by atoms with E-state index in [1.165, 1.54) is 17.5 Å². The van der Waals surface area contributed by atoms with E-state index < -0.39 is 0 Å². The van der Waals surface area contributed by atoms with Crippen LogP contribution in [0.15, 0.2) is 23.1 Å². The molecule has 1 heteroatoms. The summed E-state index contributed by atoms with van der Waals surface area (Å²) in [6.45, 7) is 4.40. The van der Waals surface area contributed by atoms with Crippen molar-refractivity contribution < 1.29 is 0 Å². The number of thiol groups is 1. The lowest BCUT2D eigenvalue weighted by molar-refractivity contribution is 0.877. The van der Waals surface area contributed by atoms with Crippen LogP contribution >= 0.6 is 12.6 Å². The summed E-state index contributed by atoms with van der Waals surface area (Å²) in [6, 6.07) is 6.36. The second kappa shape index (κ2) is 4.56. The molecule has 0 bridgehead atoms. The first kappa shape index (κ1) is 9.66. The number of rotatable bonds is 3. The van der Waals surface area contributed by atoms with E-state index in [0.717, 1.165) is 17.7 Å². The highest BCUT2D eigenvalue weighted by Crippen LogP contribution is 2.20. The molecule has 0 nitrogen and oxygen atoms in total. The van der Waals surface area contributed by atoms with Gasteiger partial charge in [-0.25, -0.2) is 0 Å². The summed E-state index contributed by atoms with van der Waals surface area (Å²) < 4.78 is 0. The van der Waals surface area contributed by atoms with Gasteiger partial charge in [-0.05, 0) is 30.0 Å². The zero-order valence-corrected chi connectivity index (χ0v) is 8.70. The zero-order valence-electron chi connectivity index (χ0n) is 7.80. The van der Waals surface area contributed by atoms with Gasteiger partial charge in [0.1, 0.15) is 0 Å². The lowest BCUT2D eigenvalue weighted by Crippen LogP contribution is -1.93. The standard InChI is InChI=1S/C11H16S/c1-3-6-10-9(4-2)7-5-8-11(10)12/h5,7-8,12H,3-4,6H2,1-2H3. The third-order valence-corrected chi connectivity index (χ3v) is 2.55. The quantitative estimate of drug-likeness (QED) is 0.676. The van der Waals surface area contributed by atoms with Crippen molar-refractivity contribution in [1.29, 1.82) is 0 Å². The van der Waals surface area contributed by atoms with Crippen molar-refractivity contribution in [1.82, 2.24) is 0 Å². The molecule has 0 atom stereocenters. The molecular weight excluding hydrogens is 164 g/mol. The zero-order chi connectivity index (χ0) is 8.97. The molecule has 1 aromatic rings. The molecule has 0 aliphatic rings. The van der Waals surface area contributed by atoms with E-state index >= 15 is 0 Å². The van der Waals surface area contributed by atoms with Crippen LogP contribution < -0.4 is 0 Å². The Kier molecular flexibility index (Phi) is 3.67. The highest BCUT2D eigenvalue weighted by Gasteiger charge is 2.02. The summed E-state index contributed by atoms with van der Waals surface area (Å²) >= 11 is 4.46. The summed E-state index contributed by atoms with van der Waals surface area (Å²) in [7, 11) is 0. The highest BCUT2D eigenvalue weighted by atomic mass is 32.1. The first-order valence-electron chi connectivity index (χ1n) is 4.59. The van der Waals surface area contributed by atoms with Crippen LogP contribution in [0.4, 0.5) is 0 Å². The molecule has 0 aromatic heterocycles. The van der Waals surface area contributed by atoms with Crippen LogP contribution in [0, 0.1) is 0 Å². The summed E-state index contributed by atoms with van der Waals surface area (Å²) in [4.78, 5) is 1.15. The second-order valence-corrected chi connectivity index (χ2v) is 3.50. The van der Waals surface area contributed by atoms with Crippen LogP contribution in [0.25, 0.3) is 0 Å². The van der Waals surface area contributed by atoms with E-state index in [4.69, 9.17) is 0 Å². The fourth-order valence-corrected chi connectivity index (χ4v) is 1.83. The fraction of sp³-hybridized carbons (Fsp3) is 0.455. The molecule has 66 valence electrons. The topological polar surface area (TPSA) is 0 Å². The molecule has 0 saturated carbocycles. The van der Waals surface area contributed by atoms with Crippen molar-refractivity contribution in [2.24, 2.45) is 0 Å². The third-order valence-electron chi connectivity index (χ3n) is 2.13. The Balaban J connectivity index is 3.02. The molecule has 0 radical (unpaired) electrons. The molecule has 0 saturated heterocycles. The molecule has 0 unspecified atom stereocenters. The molecule has 1 aromatic carbocycles. The van der Waals surface area contributed by atoms with Crippen molar-refractivity contribution in [2.75, 3.05) is 0 Å². The lowest BCUT2D eigenvalue weighted by atomic mass is 10.0. The first-order chi connectivity index (χ1) is 5.79. The molecular formula is C11H16S. The molecule has 0 fully saturated rings. The predicted molar refractivity (Wildman–Crippen MR) is 57.1 cm³/mol.